The smallest absolute Gasteiger partial charge is 0.408 e. The molecule has 0 saturated heterocycles. The minimum atomic E-state index is -0.760. The van der Waals surface area contributed by atoms with E-state index in [1.807, 2.05) is 0 Å². The van der Waals surface area contributed by atoms with Crippen LogP contribution in [-0.2, 0) is 14.3 Å². The molecule has 116 valence electrons. The molecule has 0 aromatic rings. The van der Waals surface area contributed by atoms with Crippen molar-refractivity contribution in [2.75, 3.05) is 20.1 Å². The molecule has 0 heterocycles. The summed E-state index contributed by atoms with van der Waals surface area (Å²) in [7, 11) is 1.50. The fourth-order valence-corrected chi connectivity index (χ4v) is 1.42. The number of alkyl carbamates (subject to hydrolysis) is 1. The van der Waals surface area contributed by atoms with Gasteiger partial charge in [0, 0.05) is 13.6 Å². The molecule has 0 aliphatic heterocycles. The maximum absolute atomic E-state index is 12.0. The van der Waals surface area contributed by atoms with E-state index < -0.39 is 17.7 Å². The summed E-state index contributed by atoms with van der Waals surface area (Å²) < 4.78 is 5.06. The zero-order chi connectivity index (χ0) is 15.9. The average molecular weight is 287 g/mol. The minimum Gasteiger partial charge on any atom is -0.444 e. The van der Waals surface area contributed by atoms with Crippen LogP contribution in [0.1, 0.15) is 34.6 Å². The van der Waals surface area contributed by atoms with Crippen LogP contribution in [0.25, 0.3) is 0 Å². The van der Waals surface area contributed by atoms with Gasteiger partial charge in [-0.05, 0) is 34.6 Å². The van der Waals surface area contributed by atoms with Gasteiger partial charge in [-0.15, -0.1) is 0 Å². The van der Waals surface area contributed by atoms with Crippen molar-refractivity contribution >= 4 is 17.9 Å². The Kier molecular flexibility index (Phi) is 7.02. The largest absolute Gasteiger partial charge is 0.444 e. The normalized spacial score (nSPS) is 12.3. The van der Waals surface area contributed by atoms with Gasteiger partial charge < -0.3 is 20.3 Å². The summed E-state index contributed by atoms with van der Waals surface area (Å²) in [6.45, 7) is 9.01. The second-order valence-electron chi connectivity index (χ2n) is 5.52. The van der Waals surface area contributed by atoms with Crippen LogP contribution >= 0.6 is 0 Å². The number of rotatable bonds is 5. The first kappa shape index (κ1) is 18.2. The summed E-state index contributed by atoms with van der Waals surface area (Å²) >= 11 is 0. The second-order valence-corrected chi connectivity index (χ2v) is 5.52. The van der Waals surface area contributed by atoms with Crippen molar-refractivity contribution < 1.29 is 19.1 Å². The summed E-state index contributed by atoms with van der Waals surface area (Å²) in [6, 6.07) is -0.760. The third-order valence-corrected chi connectivity index (χ3v) is 2.23. The van der Waals surface area contributed by atoms with Gasteiger partial charge in [0.15, 0.2) is 0 Å². The zero-order valence-electron chi connectivity index (χ0n) is 13.1. The lowest BCUT2D eigenvalue weighted by Crippen LogP contribution is -2.49. The Balaban J connectivity index is 4.33. The molecule has 0 unspecified atom stereocenters. The van der Waals surface area contributed by atoms with Crippen molar-refractivity contribution in [3.05, 3.63) is 0 Å². The predicted molar refractivity (Wildman–Crippen MR) is 75.2 cm³/mol. The van der Waals surface area contributed by atoms with Gasteiger partial charge in [-0.3, -0.25) is 9.59 Å². The lowest BCUT2D eigenvalue weighted by Gasteiger charge is -2.24. The molecule has 7 nitrogen and oxygen atoms in total. The Morgan fingerprint density at radius 3 is 2.25 bits per heavy atom. The SMILES string of the molecule is CCNC(=O)CN(C)C(=O)[C@@H](C)NC(=O)OC(C)(C)C. The number of carbonyl (C=O) groups is 3. The summed E-state index contributed by atoms with van der Waals surface area (Å²) in [6.07, 6.45) is -0.662. The fourth-order valence-electron chi connectivity index (χ4n) is 1.42. The number of hydrogen-bond acceptors (Lipinski definition) is 4. The highest BCUT2D eigenvalue weighted by molar-refractivity contribution is 5.89. The molecule has 2 N–H and O–H groups in total. The quantitative estimate of drug-likeness (QED) is 0.770. The van der Waals surface area contributed by atoms with E-state index in [2.05, 4.69) is 10.6 Å². The fraction of sp³-hybridized carbons (Fsp3) is 0.769. The van der Waals surface area contributed by atoms with E-state index in [9.17, 15) is 14.4 Å². The van der Waals surface area contributed by atoms with Crippen LogP contribution in [0.15, 0.2) is 0 Å². The summed E-state index contributed by atoms with van der Waals surface area (Å²) in [5.41, 5.74) is -0.625. The zero-order valence-corrected chi connectivity index (χ0v) is 13.1. The molecule has 1 atom stereocenters. The van der Waals surface area contributed by atoms with Gasteiger partial charge >= 0.3 is 6.09 Å². The Labute approximate surface area is 120 Å². The lowest BCUT2D eigenvalue weighted by atomic mass is 10.2. The second kappa shape index (κ2) is 7.72. The van der Waals surface area contributed by atoms with Crippen LogP contribution in [0.4, 0.5) is 4.79 Å². The van der Waals surface area contributed by atoms with Crippen molar-refractivity contribution in [1.29, 1.82) is 0 Å². The molecule has 0 bridgehead atoms. The highest BCUT2D eigenvalue weighted by Gasteiger charge is 2.23. The molecule has 0 fully saturated rings. The highest BCUT2D eigenvalue weighted by Crippen LogP contribution is 2.06. The van der Waals surface area contributed by atoms with Crippen LogP contribution in [0, 0.1) is 0 Å². The molecule has 0 aromatic carbocycles. The average Bonchev–Trinajstić information content (AvgIpc) is 2.25. The molecule has 7 heteroatoms. The van der Waals surface area contributed by atoms with Crippen LogP contribution < -0.4 is 10.6 Å². The third-order valence-electron chi connectivity index (χ3n) is 2.23. The van der Waals surface area contributed by atoms with E-state index in [-0.39, 0.29) is 18.4 Å². The Morgan fingerprint density at radius 1 is 1.25 bits per heavy atom. The molecule has 0 aliphatic carbocycles. The van der Waals surface area contributed by atoms with Crippen molar-refractivity contribution in [2.45, 2.75) is 46.3 Å². The van der Waals surface area contributed by atoms with Crippen LogP contribution in [0.3, 0.4) is 0 Å². The van der Waals surface area contributed by atoms with E-state index >= 15 is 0 Å². The number of nitrogens with zero attached hydrogens (tertiary/aromatic N) is 1. The summed E-state index contributed by atoms with van der Waals surface area (Å²) in [4.78, 5) is 36.1. The number of hydrogen-bond donors (Lipinski definition) is 2. The molecule has 0 aliphatic rings. The Morgan fingerprint density at radius 2 is 1.80 bits per heavy atom. The topological polar surface area (TPSA) is 87.7 Å². The molecule has 0 spiro atoms. The maximum atomic E-state index is 12.0. The first-order valence-corrected chi connectivity index (χ1v) is 6.58. The van der Waals surface area contributed by atoms with Crippen molar-refractivity contribution in [3.8, 4) is 0 Å². The highest BCUT2D eigenvalue weighted by atomic mass is 16.6. The maximum Gasteiger partial charge on any atom is 0.408 e. The van der Waals surface area contributed by atoms with Crippen molar-refractivity contribution in [2.24, 2.45) is 0 Å². The van der Waals surface area contributed by atoms with Crippen LogP contribution in [-0.4, -0.2) is 54.6 Å². The van der Waals surface area contributed by atoms with Crippen LogP contribution in [0.2, 0.25) is 0 Å². The number of likely N-dealkylation sites (N-methyl/N-ethyl adjacent to an activating group) is 2. The third kappa shape index (κ3) is 7.60. The molecule has 20 heavy (non-hydrogen) atoms. The van der Waals surface area contributed by atoms with Crippen molar-refractivity contribution in [3.63, 3.8) is 0 Å². The monoisotopic (exact) mass is 287 g/mol. The predicted octanol–water partition coefficient (Wildman–Crippen LogP) is 0.494. The standard InChI is InChI=1S/C13H25N3O4/c1-7-14-10(17)8-16(6)11(18)9(2)15-12(19)20-13(3,4)5/h9H,7-8H2,1-6H3,(H,14,17)(H,15,19)/t9-/m1/s1. The molecular formula is C13H25N3O4. The van der Waals surface area contributed by atoms with Gasteiger partial charge in [-0.2, -0.15) is 0 Å². The number of amides is 3. The first-order chi connectivity index (χ1) is 9.06. The van der Waals surface area contributed by atoms with Gasteiger partial charge in [0.1, 0.15) is 11.6 Å². The van der Waals surface area contributed by atoms with Crippen molar-refractivity contribution in [1.82, 2.24) is 15.5 Å². The summed E-state index contributed by atoms with van der Waals surface area (Å²) in [5.74, 6) is -0.602. The van der Waals surface area contributed by atoms with E-state index in [0.29, 0.717) is 6.54 Å². The Bertz CT molecular complexity index is 363. The molecule has 0 saturated carbocycles. The molecular weight excluding hydrogens is 262 g/mol. The number of nitrogens with one attached hydrogen (secondary N) is 2. The van der Waals surface area contributed by atoms with Gasteiger partial charge in [-0.1, -0.05) is 0 Å². The molecule has 0 radical (unpaired) electrons. The Hall–Kier alpha value is -1.79. The van der Waals surface area contributed by atoms with Gasteiger partial charge in [0.25, 0.3) is 0 Å². The van der Waals surface area contributed by atoms with Gasteiger partial charge in [-0.25, -0.2) is 4.79 Å². The van der Waals surface area contributed by atoms with Gasteiger partial charge in [0.05, 0.1) is 6.54 Å². The first-order valence-electron chi connectivity index (χ1n) is 6.58. The number of ether oxygens (including phenoxy) is 1. The lowest BCUT2D eigenvalue weighted by molar-refractivity contribution is -0.136. The van der Waals surface area contributed by atoms with E-state index in [1.54, 1.807) is 34.6 Å². The number of carbonyl (C=O) groups excluding carboxylic acids is 3. The summed E-state index contributed by atoms with van der Waals surface area (Å²) in [5, 5.41) is 5.04. The van der Waals surface area contributed by atoms with Crippen LogP contribution in [0.5, 0.6) is 0 Å². The minimum absolute atomic E-state index is 0.0486. The van der Waals surface area contributed by atoms with E-state index in [4.69, 9.17) is 4.74 Å². The molecule has 0 aromatic heterocycles. The van der Waals surface area contributed by atoms with E-state index in [0.717, 1.165) is 0 Å². The van der Waals surface area contributed by atoms with Gasteiger partial charge in [0.2, 0.25) is 11.8 Å². The molecule has 3 amide bonds. The molecule has 0 rings (SSSR count). The van der Waals surface area contributed by atoms with E-state index in [1.165, 1.54) is 11.9 Å².